The van der Waals surface area contributed by atoms with Gasteiger partial charge in [-0.1, -0.05) is 13.0 Å². The van der Waals surface area contributed by atoms with Crippen molar-refractivity contribution in [2.75, 3.05) is 19.7 Å². The van der Waals surface area contributed by atoms with Crippen LogP contribution in [0.5, 0.6) is 0 Å². The molecule has 0 saturated heterocycles. The molecule has 1 rings (SSSR count). The summed E-state index contributed by atoms with van der Waals surface area (Å²) in [6, 6.07) is 3.79. The van der Waals surface area contributed by atoms with Gasteiger partial charge in [-0.2, -0.15) is 0 Å². The number of ether oxygens (including phenoxy) is 1. The first-order valence-corrected chi connectivity index (χ1v) is 6.99. The zero-order chi connectivity index (χ0) is 14.8. The summed E-state index contributed by atoms with van der Waals surface area (Å²) >= 11 is 0. The van der Waals surface area contributed by atoms with Crippen LogP contribution in [0.25, 0.3) is 0 Å². The standard InChI is InChI=1S/C15H22N2O3/c1-3-10-17(12-15(19)20-4-2)14(18)8-7-13-6-5-9-16-11-13/h5-6,9,11H,3-4,7-8,10,12H2,1-2H3. The molecule has 0 unspecified atom stereocenters. The van der Waals surface area contributed by atoms with Crippen LogP contribution in [0.1, 0.15) is 32.3 Å². The van der Waals surface area contributed by atoms with Crippen molar-refractivity contribution in [3.05, 3.63) is 30.1 Å². The van der Waals surface area contributed by atoms with E-state index < -0.39 is 0 Å². The van der Waals surface area contributed by atoms with Crippen molar-refractivity contribution < 1.29 is 14.3 Å². The Hall–Kier alpha value is -1.91. The van der Waals surface area contributed by atoms with Gasteiger partial charge in [0.05, 0.1) is 6.61 Å². The zero-order valence-corrected chi connectivity index (χ0v) is 12.2. The topological polar surface area (TPSA) is 59.5 Å². The molecule has 1 aromatic heterocycles. The smallest absolute Gasteiger partial charge is 0.325 e. The zero-order valence-electron chi connectivity index (χ0n) is 12.2. The summed E-state index contributed by atoms with van der Waals surface area (Å²) in [6.07, 6.45) is 5.29. The molecule has 1 amide bonds. The second-order valence-corrected chi connectivity index (χ2v) is 4.48. The van der Waals surface area contributed by atoms with Gasteiger partial charge in [0.15, 0.2) is 0 Å². The SMILES string of the molecule is CCCN(CC(=O)OCC)C(=O)CCc1cccnc1. The third kappa shape index (κ3) is 5.82. The second kappa shape index (κ2) is 9.07. The van der Waals surface area contributed by atoms with Crippen LogP contribution in [0.4, 0.5) is 0 Å². The van der Waals surface area contributed by atoms with Gasteiger partial charge in [-0.15, -0.1) is 0 Å². The van der Waals surface area contributed by atoms with Gasteiger partial charge in [0.25, 0.3) is 0 Å². The number of carbonyl (C=O) groups excluding carboxylic acids is 2. The number of hydrogen-bond donors (Lipinski definition) is 0. The quantitative estimate of drug-likeness (QED) is 0.681. The summed E-state index contributed by atoms with van der Waals surface area (Å²) in [4.78, 5) is 29.2. The van der Waals surface area contributed by atoms with Crippen LogP contribution in [-0.2, 0) is 20.7 Å². The monoisotopic (exact) mass is 278 g/mol. The van der Waals surface area contributed by atoms with E-state index in [-0.39, 0.29) is 18.4 Å². The van der Waals surface area contributed by atoms with Crippen LogP contribution in [-0.4, -0.2) is 41.5 Å². The minimum Gasteiger partial charge on any atom is -0.465 e. The molecule has 110 valence electrons. The Labute approximate surface area is 119 Å². The first-order valence-electron chi connectivity index (χ1n) is 6.99. The van der Waals surface area contributed by atoms with Gasteiger partial charge >= 0.3 is 5.97 Å². The van der Waals surface area contributed by atoms with Crippen molar-refractivity contribution in [1.29, 1.82) is 0 Å². The molecule has 0 aliphatic rings. The molecule has 0 saturated carbocycles. The molecular weight excluding hydrogens is 256 g/mol. The molecule has 1 heterocycles. The van der Waals surface area contributed by atoms with Crippen molar-refractivity contribution >= 4 is 11.9 Å². The third-order valence-corrected chi connectivity index (χ3v) is 2.82. The molecule has 0 bridgehead atoms. The number of pyridine rings is 1. The Bertz CT molecular complexity index is 420. The fourth-order valence-electron chi connectivity index (χ4n) is 1.88. The highest BCUT2D eigenvalue weighted by Crippen LogP contribution is 2.04. The minimum atomic E-state index is -0.351. The van der Waals surface area contributed by atoms with Gasteiger partial charge in [0, 0.05) is 25.4 Å². The maximum atomic E-state index is 12.1. The number of amides is 1. The van der Waals surface area contributed by atoms with E-state index in [0.717, 1.165) is 12.0 Å². The molecule has 0 atom stereocenters. The fourth-order valence-corrected chi connectivity index (χ4v) is 1.88. The lowest BCUT2D eigenvalue weighted by molar-refractivity contribution is -0.149. The lowest BCUT2D eigenvalue weighted by Gasteiger charge is -2.21. The van der Waals surface area contributed by atoms with Crippen LogP contribution in [0, 0.1) is 0 Å². The lowest BCUT2D eigenvalue weighted by atomic mass is 10.1. The summed E-state index contributed by atoms with van der Waals surface area (Å²) < 4.78 is 4.89. The number of aromatic nitrogens is 1. The van der Waals surface area contributed by atoms with E-state index in [4.69, 9.17) is 4.74 Å². The molecule has 20 heavy (non-hydrogen) atoms. The van der Waals surface area contributed by atoms with Crippen LogP contribution in [0.15, 0.2) is 24.5 Å². The number of esters is 1. The van der Waals surface area contributed by atoms with E-state index >= 15 is 0 Å². The fraction of sp³-hybridized carbons (Fsp3) is 0.533. The molecule has 0 aromatic carbocycles. The van der Waals surface area contributed by atoms with Crippen LogP contribution in [0.2, 0.25) is 0 Å². The Morgan fingerprint density at radius 3 is 2.75 bits per heavy atom. The summed E-state index contributed by atoms with van der Waals surface area (Å²) in [7, 11) is 0. The van der Waals surface area contributed by atoms with Crippen molar-refractivity contribution in [1.82, 2.24) is 9.88 Å². The summed E-state index contributed by atoms with van der Waals surface area (Å²) in [5.74, 6) is -0.376. The second-order valence-electron chi connectivity index (χ2n) is 4.48. The minimum absolute atomic E-state index is 0.0243. The van der Waals surface area contributed by atoms with Gasteiger partial charge in [0.1, 0.15) is 6.54 Å². The van der Waals surface area contributed by atoms with Gasteiger partial charge < -0.3 is 9.64 Å². The number of hydrogen-bond acceptors (Lipinski definition) is 4. The Morgan fingerprint density at radius 2 is 2.15 bits per heavy atom. The average molecular weight is 278 g/mol. The molecule has 0 fully saturated rings. The van der Waals surface area contributed by atoms with E-state index in [1.807, 2.05) is 19.1 Å². The molecule has 5 heteroatoms. The predicted molar refractivity (Wildman–Crippen MR) is 76.1 cm³/mol. The summed E-state index contributed by atoms with van der Waals surface area (Å²) in [6.45, 7) is 4.68. The largest absolute Gasteiger partial charge is 0.465 e. The highest BCUT2D eigenvalue weighted by atomic mass is 16.5. The van der Waals surface area contributed by atoms with Crippen LogP contribution in [0.3, 0.4) is 0 Å². The molecule has 1 aromatic rings. The average Bonchev–Trinajstić information content (AvgIpc) is 2.45. The molecule has 0 aliphatic carbocycles. The van der Waals surface area contributed by atoms with E-state index in [0.29, 0.717) is 26.0 Å². The third-order valence-electron chi connectivity index (χ3n) is 2.82. The van der Waals surface area contributed by atoms with Crippen molar-refractivity contribution in [3.8, 4) is 0 Å². The Balaban J connectivity index is 2.49. The van der Waals surface area contributed by atoms with E-state index in [9.17, 15) is 9.59 Å². The number of nitrogens with zero attached hydrogens (tertiary/aromatic N) is 2. The predicted octanol–water partition coefficient (Wildman–Crippen LogP) is 1.82. The molecule has 0 spiro atoms. The lowest BCUT2D eigenvalue weighted by Crippen LogP contribution is -2.37. The molecule has 0 aliphatic heterocycles. The first-order chi connectivity index (χ1) is 9.67. The maximum Gasteiger partial charge on any atom is 0.325 e. The summed E-state index contributed by atoms with van der Waals surface area (Å²) in [5, 5.41) is 0. The number of carbonyl (C=O) groups is 2. The van der Waals surface area contributed by atoms with Gasteiger partial charge in [-0.05, 0) is 31.4 Å². The molecular formula is C15H22N2O3. The summed E-state index contributed by atoms with van der Waals surface area (Å²) in [5.41, 5.74) is 1.02. The van der Waals surface area contributed by atoms with Gasteiger partial charge in [0.2, 0.25) is 5.91 Å². The van der Waals surface area contributed by atoms with Crippen LogP contribution >= 0.6 is 0 Å². The molecule has 5 nitrogen and oxygen atoms in total. The van der Waals surface area contributed by atoms with Crippen molar-refractivity contribution in [3.63, 3.8) is 0 Å². The van der Waals surface area contributed by atoms with E-state index in [1.54, 1.807) is 24.2 Å². The number of rotatable bonds is 8. The maximum absolute atomic E-state index is 12.1. The van der Waals surface area contributed by atoms with E-state index in [2.05, 4.69) is 4.98 Å². The highest BCUT2D eigenvalue weighted by Gasteiger charge is 2.16. The van der Waals surface area contributed by atoms with Crippen LogP contribution < -0.4 is 0 Å². The van der Waals surface area contributed by atoms with Crippen molar-refractivity contribution in [2.24, 2.45) is 0 Å². The normalized spacial score (nSPS) is 10.1. The van der Waals surface area contributed by atoms with Gasteiger partial charge in [-0.25, -0.2) is 0 Å². The first kappa shape index (κ1) is 16.1. The number of aryl methyl sites for hydroxylation is 1. The van der Waals surface area contributed by atoms with E-state index in [1.165, 1.54) is 0 Å². The molecule has 0 radical (unpaired) electrons. The highest BCUT2D eigenvalue weighted by molar-refractivity contribution is 5.82. The molecule has 0 N–H and O–H groups in total. The van der Waals surface area contributed by atoms with Gasteiger partial charge in [-0.3, -0.25) is 14.6 Å². The Kier molecular flexibility index (Phi) is 7.32. The van der Waals surface area contributed by atoms with Crippen molar-refractivity contribution in [2.45, 2.75) is 33.1 Å². The Morgan fingerprint density at radius 1 is 1.35 bits per heavy atom.